The highest BCUT2D eigenvalue weighted by molar-refractivity contribution is 5.45. The van der Waals surface area contributed by atoms with Crippen molar-refractivity contribution in [1.29, 1.82) is 0 Å². The molecule has 1 aromatic heterocycles. The number of rotatable bonds is 3. The molecular weight excluding hydrogens is 222 g/mol. The van der Waals surface area contributed by atoms with Crippen LogP contribution in [0.25, 0.3) is 0 Å². The monoisotopic (exact) mass is 249 g/mol. The predicted molar refractivity (Wildman–Crippen MR) is 76.6 cm³/mol. The molecule has 0 aliphatic heterocycles. The van der Waals surface area contributed by atoms with E-state index >= 15 is 0 Å². The maximum Gasteiger partial charge on any atom is 0.124 e. The first-order valence-corrected chi connectivity index (χ1v) is 7.28. The fourth-order valence-electron chi connectivity index (χ4n) is 3.39. The highest BCUT2D eigenvalue weighted by atomic mass is 15.3. The lowest BCUT2D eigenvalue weighted by molar-refractivity contribution is 0.195. The van der Waals surface area contributed by atoms with Gasteiger partial charge in [-0.2, -0.15) is 5.10 Å². The smallest absolute Gasteiger partial charge is 0.124 e. The minimum absolute atomic E-state index is 0.363. The van der Waals surface area contributed by atoms with Crippen molar-refractivity contribution in [3.63, 3.8) is 0 Å². The Morgan fingerprint density at radius 2 is 2.11 bits per heavy atom. The van der Waals surface area contributed by atoms with Gasteiger partial charge in [0.05, 0.1) is 5.69 Å². The Balaban J connectivity index is 2.40. The molecule has 0 radical (unpaired) electrons. The largest absolute Gasteiger partial charge is 0.384 e. The first-order chi connectivity index (χ1) is 8.47. The fraction of sp³-hybridized carbons (Fsp3) is 0.800. The third kappa shape index (κ3) is 2.27. The van der Waals surface area contributed by atoms with Crippen LogP contribution in [0.15, 0.2) is 0 Å². The molecule has 2 rings (SSSR count). The van der Waals surface area contributed by atoms with E-state index in [0.717, 1.165) is 18.7 Å². The van der Waals surface area contributed by atoms with Gasteiger partial charge in [0, 0.05) is 18.5 Å². The van der Waals surface area contributed by atoms with Crippen LogP contribution in [0.5, 0.6) is 0 Å². The highest BCUT2D eigenvalue weighted by Crippen LogP contribution is 2.47. The lowest BCUT2D eigenvalue weighted by atomic mass is 9.67. The van der Waals surface area contributed by atoms with Crippen molar-refractivity contribution < 1.29 is 0 Å². The molecule has 3 nitrogen and oxygen atoms in total. The van der Waals surface area contributed by atoms with Crippen LogP contribution in [0, 0.1) is 5.41 Å². The summed E-state index contributed by atoms with van der Waals surface area (Å²) < 4.78 is 1.87. The molecule has 1 aliphatic carbocycles. The topological polar surface area (TPSA) is 43.8 Å². The molecule has 18 heavy (non-hydrogen) atoms. The molecule has 1 unspecified atom stereocenters. The molecule has 0 amide bonds. The van der Waals surface area contributed by atoms with Crippen LogP contribution >= 0.6 is 0 Å². The van der Waals surface area contributed by atoms with Gasteiger partial charge in [-0.3, -0.25) is 4.68 Å². The second-order valence-corrected chi connectivity index (χ2v) is 6.41. The Hall–Kier alpha value is -0.990. The average molecular weight is 249 g/mol. The van der Waals surface area contributed by atoms with Crippen LogP contribution in [0.4, 0.5) is 5.82 Å². The Morgan fingerprint density at radius 1 is 1.39 bits per heavy atom. The van der Waals surface area contributed by atoms with E-state index in [4.69, 9.17) is 10.8 Å². The number of aromatic nitrogens is 2. The highest BCUT2D eigenvalue weighted by Gasteiger charge is 2.36. The van der Waals surface area contributed by atoms with Gasteiger partial charge in [0.25, 0.3) is 0 Å². The summed E-state index contributed by atoms with van der Waals surface area (Å²) >= 11 is 0. The molecule has 1 heterocycles. The molecule has 2 N–H and O–H groups in total. The van der Waals surface area contributed by atoms with Crippen molar-refractivity contribution >= 4 is 5.82 Å². The summed E-state index contributed by atoms with van der Waals surface area (Å²) in [6.07, 6.45) is 7.45. The van der Waals surface area contributed by atoms with Crippen LogP contribution < -0.4 is 5.73 Å². The van der Waals surface area contributed by atoms with Gasteiger partial charge < -0.3 is 5.73 Å². The average Bonchev–Trinajstić information content (AvgIpc) is 2.57. The van der Waals surface area contributed by atoms with E-state index in [0.29, 0.717) is 11.3 Å². The summed E-state index contributed by atoms with van der Waals surface area (Å²) in [4.78, 5) is 0. The zero-order chi connectivity index (χ0) is 13.3. The van der Waals surface area contributed by atoms with Gasteiger partial charge in [0.2, 0.25) is 0 Å². The first-order valence-electron chi connectivity index (χ1n) is 7.28. The van der Waals surface area contributed by atoms with Crippen molar-refractivity contribution in [2.45, 2.75) is 65.2 Å². The van der Waals surface area contributed by atoms with E-state index in [1.165, 1.54) is 36.9 Å². The lowest BCUT2D eigenvalue weighted by Crippen LogP contribution is -2.27. The Bertz CT molecular complexity index is 418. The normalized spacial score (nSPS) is 23.2. The van der Waals surface area contributed by atoms with Crippen molar-refractivity contribution in [2.24, 2.45) is 12.5 Å². The van der Waals surface area contributed by atoms with Crippen molar-refractivity contribution in [2.75, 3.05) is 5.73 Å². The van der Waals surface area contributed by atoms with Gasteiger partial charge in [-0.1, -0.05) is 40.0 Å². The van der Waals surface area contributed by atoms with E-state index in [1.54, 1.807) is 0 Å². The quantitative estimate of drug-likeness (QED) is 0.888. The molecule has 1 saturated carbocycles. The van der Waals surface area contributed by atoms with Gasteiger partial charge in [-0.15, -0.1) is 0 Å². The zero-order valence-corrected chi connectivity index (χ0v) is 12.3. The Morgan fingerprint density at radius 3 is 2.72 bits per heavy atom. The number of hydrogen-bond acceptors (Lipinski definition) is 2. The van der Waals surface area contributed by atoms with Crippen LogP contribution in [-0.4, -0.2) is 9.78 Å². The van der Waals surface area contributed by atoms with E-state index in [2.05, 4.69) is 20.8 Å². The predicted octanol–water partition coefficient (Wildman–Crippen LogP) is 3.64. The SMILES string of the molecule is CCCc1c(C2CCCCC2(C)C)nn(C)c1N. The van der Waals surface area contributed by atoms with Crippen LogP contribution in [0.2, 0.25) is 0 Å². The standard InChI is InChI=1S/C15H27N3/c1-5-8-11-13(17-18(4)14(11)16)12-9-6-7-10-15(12,2)3/h12H,5-10,16H2,1-4H3. The molecule has 1 atom stereocenters. The van der Waals surface area contributed by atoms with Gasteiger partial charge in [0.1, 0.15) is 5.82 Å². The molecule has 3 heteroatoms. The second-order valence-electron chi connectivity index (χ2n) is 6.41. The number of nitrogens with zero attached hydrogens (tertiary/aromatic N) is 2. The maximum atomic E-state index is 6.19. The zero-order valence-electron chi connectivity index (χ0n) is 12.3. The number of aryl methyl sites for hydroxylation is 1. The van der Waals surface area contributed by atoms with Gasteiger partial charge in [-0.25, -0.2) is 0 Å². The number of hydrogen-bond donors (Lipinski definition) is 1. The minimum atomic E-state index is 0.363. The Kier molecular flexibility index (Phi) is 3.69. The fourth-order valence-corrected chi connectivity index (χ4v) is 3.39. The molecule has 1 fully saturated rings. The molecule has 0 spiro atoms. The van der Waals surface area contributed by atoms with E-state index in [-0.39, 0.29) is 0 Å². The molecule has 102 valence electrons. The van der Waals surface area contributed by atoms with Crippen molar-refractivity contribution in [1.82, 2.24) is 9.78 Å². The molecule has 1 aliphatic rings. The third-order valence-corrected chi connectivity index (χ3v) is 4.56. The molecule has 0 bridgehead atoms. The molecular formula is C15H27N3. The van der Waals surface area contributed by atoms with Gasteiger partial charge in [-0.05, 0) is 24.7 Å². The first kappa shape index (κ1) is 13.4. The van der Waals surface area contributed by atoms with E-state index in [1.807, 2.05) is 11.7 Å². The summed E-state index contributed by atoms with van der Waals surface area (Å²) in [7, 11) is 1.97. The third-order valence-electron chi connectivity index (χ3n) is 4.56. The number of anilines is 1. The Labute approximate surface area is 111 Å². The van der Waals surface area contributed by atoms with E-state index < -0.39 is 0 Å². The lowest BCUT2D eigenvalue weighted by Gasteiger charge is -2.38. The second kappa shape index (κ2) is 4.94. The summed E-state index contributed by atoms with van der Waals surface area (Å²) in [5.74, 6) is 1.45. The van der Waals surface area contributed by atoms with Crippen LogP contribution in [0.3, 0.4) is 0 Å². The summed E-state index contributed by atoms with van der Waals surface area (Å²) in [6, 6.07) is 0. The summed E-state index contributed by atoms with van der Waals surface area (Å²) in [5.41, 5.74) is 9.13. The van der Waals surface area contributed by atoms with Crippen LogP contribution in [0.1, 0.15) is 70.1 Å². The summed E-state index contributed by atoms with van der Waals surface area (Å²) in [5, 5.41) is 4.74. The number of nitrogen functional groups attached to an aromatic ring is 1. The van der Waals surface area contributed by atoms with Gasteiger partial charge >= 0.3 is 0 Å². The molecule has 1 aromatic rings. The minimum Gasteiger partial charge on any atom is -0.384 e. The summed E-state index contributed by atoms with van der Waals surface area (Å²) in [6.45, 7) is 6.98. The van der Waals surface area contributed by atoms with E-state index in [9.17, 15) is 0 Å². The molecule has 0 saturated heterocycles. The molecule has 0 aromatic carbocycles. The van der Waals surface area contributed by atoms with Gasteiger partial charge in [0.15, 0.2) is 0 Å². The number of nitrogens with two attached hydrogens (primary N) is 1. The van der Waals surface area contributed by atoms with Crippen molar-refractivity contribution in [3.05, 3.63) is 11.3 Å². The maximum absolute atomic E-state index is 6.19. The van der Waals surface area contributed by atoms with Crippen molar-refractivity contribution in [3.8, 4) is 0 Å². The van der Waals surface area contributed by atoms with Crippen LogP contribution in [-0.2, 0) is 13.5 Å².